The number of hydrogen-bond acceptors (Lipinski definition) is 5. The summed E-state index contributed by atoms with van der Waals surface area (Å²) < 4.78 is 0. The van der Waals surface area contributed by atoms with E-state index in [-0.39, 0.29) is 11.6 Å². The zero-order chi connectivity index (χ0) is 13.1. The molecule has 0 aromatic carbocycles. The minimum absolute atomic E-state index is 0.0679. The Morgan fingerprint density at radius 3 is 2.56 bits per heavy atom. The lowest BCUT2D eigenvalue weighted by Gasteiger charge is -2.02. The predicted octanol–water partition coefficient (Wildman–Crippen LogP) is 1.80. The third-order valence-corrected chi connectivity index (χ3v) is 3.00. The van der Waals surface area contributed by atoms with Crippen molar-refractivity contribution in [2.45, 2.75) is 6.92 Å². The number of carbonyl (C=O) groups is 2. The Bertz CT molecular complexity index is 592. The normalized spacial score (nSPS) is 10.1. The molecule has 0 radical (unpaired) electrons. The molecule has 0 fully saturated rings. The Kier molecular flexibility index (Phi) is 3.33. The molecule has 0 aliphatic heterocycles. The lowest BCUT2D eigenvalue weighted by molar-refractivity contribution is 0.0690. The minimum Gasteiger partial charge on any atom is -0.477 e. The van der Waals surface area contributed by atoms with Gasteiger partial charge in [-0.05, 0) is 19.1 Å². The molecule has 0 unspecified atom stereocenters. The van der Waals surface area contributed by atoms with Crippen LogP contribution in [0, 0.1) is 6.92 Å². The molecule has 18 heavy (non-hydrogen) atoms. The first-order valence-electron chi connectivity index (χ1n) is 4.99. The van der Waals surface area contributed by atoms with Crippen molar-refractivity contribution in [3.8, 4) is 0 Å². The van der Waals surface area contributed by atoms with E-state index in [0.29, 0.717) is 10.6 Å². The van der Waals surface area contributed by atoms with Gasteiger partial charge in [-0.2, -0.15) is 0 Å². The Morgan fingerprint density at radius 1 is 1.28 bits per heavy atom. The van der Waals surface area contributed by atoms with Gasteiger partial charge in [0.1, 0.15) is 10.6 Å². The standard InChI is InChI=1S/C11H9N3O3S/c1-6-12-5-9(18-6)10(15)14-7-2-3-8(11(16)17)13-4-7/h2-5H,1H3,(H,14,15)(H,16,17). The van der Waals surface area contributed by atoms with E-state index in [2.05, 4.69) is 15.3 Å². The van der Waals surface area contributed by atoms with Gasteiger partial charge in [-0.15, -0.1) is 11.3 Å². The van der Waals surface area contributed by atoms with E-state index in [0.717, 1.165) is 5.01 Å². The summed E-state index contributed by atoms with van der Waals surface area (Å²) in [6, 6.07) is 2.82. The zero-order valence-corrected chi connectivity index (χ0v) is 10.2. The molecule has 2 aromatic rings. The van der Waals surface area contributed by atoms with Crippen LogP contribution in [0.25, 0.3) is 0 Å². The number of anilines is 1. The highest BCUT2D eigenvalue weighted by Gasteiger charge is 2.10. The van der Waals surface area contributed by atoms with Gasteiger partial charge in [-0.3, -0.25) is 4.79 Å². The number of carboxylic acid groups (broad SMARTS) is 1. The Morgan fingerprint density at radius 2 is 2.06 bits per heavy atom. The van der Waals surface area contributed by atoms with E-state index in [1.807, 2.05) is 6.92 Å². The molecule has 1 amide bonds. The second-order valence-corrected chi connectivity index (χ2v) is 4.67. The molecule has 92 valence electrons. The number of pyridine rings is 1. The number of aryl methyl sites for hydroxylation is 1. The van der Waals surface area contributed by atoms with Gasteiger partial charge >= 0.3 is 5.97 Å². The van der Waals surface area contributed by atoms with Crippen LogP contribution in [0.1, 0.15) is 25.2 Å². The Labute approximate surface area is 106 Å². The molecule has 0 bridgehead atoms. The molecule has 0 atom stereocenters. The molecule has 2 aromatic heterocycles. The van der Waals surface area contributed by atoms with Crippen molar-refractivity contribution in [2.24, 2.45) is 0 Å². The van der Waals surface area contributed by atoms with Crippen molar-refractivity contribution in [3.05, 3.63) is 40.1 Å². The van der Waals surface area contributed by atoms with Crippen LogP contribution < -0.4 is 5.32 Å². The number of thiazole rings is 1. The number of nitrogens with one attached hydrogen (secondary N) is 1. The van der Waals surface area contributed by atoms with E-state index in [9.17, 15) is 9.59 Å². The van der Waals surface area contributed by atoms with Gasteiger partial charge in [-0.25, -0.2) is 14.8 Å². The minimum atomic E-state index is -1.11. The third kappa shape index (κ3) is 2.69. The van der Waals surface area contributed by atoms with E-state index >= 15 is 0 Å². The largest absolute Gasteiger partial charge is 0.477 e. The number of amides is 1. The van der Waals surface area contributed by atoms with E-state index in [1.54, 1.807) is 0 Å². The van der Waals surface area contributed by atoms with Crippen LogP contribution in [0.4, 0.5) is 5.69 Å². The highest BCUT2D eigenvalue weighted by atomic mass is 32.1. The Hall–Kier alpha value is -2.28. The van der Waals surface area contributed by atoms with Crippen molar-refractivity contribution >= 4 is 28.9 Å². The molecular weight excluding hydrogens is 254 g/mol. The molecule has 2 rings (SSSR count). The second-order valence-electron chi connectivity index (χ2n) is 3.43. The zero-order valence-electron chi connectivity index (χ0n) is 9.38. The van der Waals surface area contributed by atoms with E-state index < -0.39 is 5.97 Å². The first-order valence-corrected chi connectivity index (χ1v) is 5.81. The molecule has 2 N–H and O–H groups in total. The van der Waals surface area contributed by atoms with Crippen molar-refractivity contribution in [3.63, 3.8) is 0 Å². The van der Waals surface area contributed by atoms with Gasteiger partial charge in [0, 0.05) is 0 Å². The van der Waals surface area contributed by atoms with Gasteiger partial charge in [0.15, 0.2) is 0 Å². The third-order valence-electron chi connectivity index (χ3n) is 2.09. The fraction of sp³-hybridized carbons (Fsp3) is 0.0909. The fourth-order valence-corrected chi connectivity index (χ4v) is 1.93. The molecular formula is C11H9N3O3S. The Balaban J connectivity index is 2.10. The molecule has 7 heteroatoms. The fourth-order valence-electron chi connectivity index (χ4n) is 1.25. The number of aromatic nitrogens is 2. The van der Waals surface area contributed by atoms with Crippen molar-refractivity contribution in [2.75, 3.05) is 5.32 Å². The number of aromatic carboxylic acids is 1. The van der Waals surface area contributed by atoms with Gasteiger partial charge in [0.05, 0.1) is 23.1 Å². The maximum absolute atomic E-state index is 11.8. The lowest BCUT2D eigenvalue weighted by Crippen LogP contribution is -2.11. The van der Waals surface area contributed by atoms with Crippen molar-refractivity contribution in [1.29, 1.82) is 0 Å². The first-order chi connectivity index (χ1) is 8.56. The maximum atomic E-state index is 11.8. The first kappa shape index (κ1) is 12.2. The molecule has 0 saturated carbocycles. The number of carbonyl (C=O) groups excluding carboxylic acids is 1. The van der Waals surface area contributed by atoms with Gasteiger partial charge in [0.25, 0.3) is 5.91 Å². The summed E-state index contributed by atoms with van der Waals surface area (Å²) in [5, 5.41) is 12.1. The van der Waals surface area contributed by atoms with Crippen LogP contribution >= 0.6 is 11.3 Å². The predicted molar refractivity (Wildman–Crippen MR) is 66.0 cm³/mol. The number of carboxylic acids is 1. The highest BCUT2D eigenvalue weighted by Crippen LogP contribution is 2.14. The summed E-state index contributed by atoms with van der Waals surface area (Å²) in [6.07, 6.45) is 2.80. The van der Waals surface area contributed by atoms with Gasteiger partial charge in [-0.1, -0.05) is 0 Å². The second kappa shape index (κ2) is 4.92. The summed E-state index contributed by atoms with van der Waals surface area (Å²) >= 11 is 1.29. The van der Waals surface area contributed by atoms with Crippen LogP contribution in [0.15, 0.2) is 24.5 Å². The van der Waals surface area contributed by atoms with Crippen molar-refractivity contribution in [1.82, 2.24) is 9.97 Å². The quantitative estimate of drug-likeness (QED) is 0.880. The van der Waals surface area contributed by atoms with Crippen LogP contribution in [0.2, 0.25) is 0 Å². The van der Waals surface area contributed by atoms with E-state index in [4.69, 9.17) is 5.11 Å². The maximum Gasteiger partial charge on any atom is 0.354 e. The molecule has 0 spiro atoms. The summed E-state index contributed by atoms with van der Waals surface area (Å²) in [5.74, 6) is -1.39. The van der Waals surface area contributed by atoms with E-state index in [1.165, 1.54) is 35.9 Å². The summed E-state index contributed by atoms with van der Waals surface area (Å²) in [6.45, 7) is 1.81. The molecule has 2 heterocycles. The average molecular weight is 263 g/mol. The number of nitrogens with zero attached hydrogens (tertiary/aromatic N) is 2. The molecule has 6 nitrogen and oxygen atoms in total. The molecule has 0 saturated heterocycles. The van der Waals surface area contributed by atoms with Crippen LogP contribution in [0.5, 0.6) is 0 Å². The molecule has 0 aliphatic carbocycles. The SMILES string of the molecule is Cc1ncc(C(=O)Nc2ccc(C(=O)O)nc2)s1. The van der Waals surface area contributed by atoms with Crippen molar-refractivity contribution < 1.29 is 14.7 Å². The highest BCUT2D eigenvalue weighted by molar-refractivity contribution is 7.13. The van der Waals surface area contributed by atoms with Gasteiger partial charge < -0.3 is 10.4 Å². The van der Waals surface area contributed by atoms with Crippen LogP contribution in [0.3, 0.4) is 0 Å². The van der Waals surface area contributed by atoms with Crippen LogP contribution in [-0.4, -0.2) is 27.0 Å². The summed E-state index contributed by atoms with van der Waals surface area (Å²) in [4.78, 5) is 30.5. The monoisotopic (exact) mass is 263 g/mol. The average Bonchev–Trinajstić information content (AvgIpc) is 2.76. The number of rotatable bonds is 3. The van der Waals surface area contributed by atoms with Crippen LogP contribution in [-0.2, 0) is 0 Å². The topological polar surface area (TPSA) is 92.2 Å². The van der Waals surface area contributed by atoms with Gasteiger partial charge in [0.2, 0.25) is 0 Å². The summed E-state index contributed by atoms with van der Waals surface area (Å²) in [5.41, 5.74) is 0.373. The number of hydrogen-bond donors (Lipinski definition) is 2. The lowest BCUT2D eigenvalue weighted by atomic mass is 10.3. The molecule has 0 aliphatic rings. The smallest absolute Gasteiger partial charge is 0.354 e. The summed E-state index contributed by atoms with van der Waals surface area (Å²) in [7, 11) is 0.